The molecule has 2 unspecified atom stereocenters. The highest BCUT2D eigenvalue weighted by atomic mass is 15.2. The van der Waals surface area contributed by atoms with Crippen molar-refractivity contribution in [3.8, 4) is 0 Å². The van der Waals surface area contributed by atoms with Gasteiger partial charge in [-0.05, 0) is 71.9 Å². The normalized spacial score (nSPS) is 35.8. The third-order valence-electron chi connectivity index (χ3n) is 4.50. The van der Waals surface area contributed by atoms with E-state index in [9.17, 15) is 0 Å². The molecule has 1 N–H and O–H groups in total. The van der Waals surface area contributed by atoms with Crippen molar-refractivity contribution in [1.29, 1.82) is 0 Å². The van der Waals surface area contributed by atoms with Crippen LogP contribution >= 0.6 is 0 Å². The van der Waals surface area contributed by atoms with Crippen LogP contribution in [0.25, 0.3) is 0 Å². The number of nitrogens with one attached hydrogen (secondary N) is 1. The Bertz CT molecular complexity index is 235. The quantitative estimate of drug-likeness (QED) is 0.775. The van der Waals surface area contributed by atoms with Crippen molar-refractivity contribution in [2.45, 2.75) is 58.5 Å². The molecule has 2 saturated heterocycles. The second-order valence-electron chi connectivity index (χ2n) is 6.72. The summed E-state index contributed by atoms with van der Waals surface area (Å²) in [6.45, 7) is 13.2. The summed E-state index contributed by atoms with van der Waals surface area (Å²) < 4.78 is 0. The first-order chi connectivity index (χ1) is 7.48. The highest BCUT2D eigenvalue weighted by Crippen LogP contribution is 2.34. The Labute approximate surface area is 101 Å². The SMILES string of the molecule is CC(C)N1CCCC(C2CNC(C)(C)C2)C1. The maximum absolute atomic E-state index is 3.67. The van der Waals surface area contributed by atoms with Crippen molar-refractivity contribution in [2.75, 3.05) is 19.6 Å². The van der Waals surface area contributed by atoms with Crippen molar-refractivity contribution in [3.05, 3.63) is 0 Å². The highest BCUT2D eigenvalue weighted by molar-refractivity contribution is 4.93. The molecule has 94 valence electrons. The van der Waals surface area contributed by atoms with E-state index in [1.54, 1.807) is 0 Å². The van der Waals surface area contributed by atoms with Gasteiger partial charge in [0.1, 0.15) is 0 Å². The summed E-state index contributed by atoms with van der Waals surface area (Å²) in [5.74, 6) is 1.85. The molecule has 2 atom stereocenters. The van der Waals surface area contributed by atoms with Gasteiger partial charge in [0.05, 0.1) is 0 Å². The average Bonchev–Trinajstić information content (AvgIpc) is 2.59. The van der Waals surface area contributed by atoms with Gasteiger partial charge in [-0.3, -0.25) is 0 Å². The average molecular weight is 224 g/mol. The maximum Gasteiger partial charge on any atom is 0.0128 e. The Morgan fingerprint density at radius 1 is 1.25 bits per heavy atom. The molecule has 0 bridgehead atoms. The van der Waals surface area contributed by atoms with Gasteiger partial charge in [0.15, 0.2) is 0 Å². The van der Waals surface area contributed by atoms with Gasteiger partial charge in [-0.15, -0.1) is 0 Å². The number of hydrogen-bond donors (Lipinski definition) is 1. The first-order valence-corrected chi connectivity index (χ1v) is 6.97. The number of piperidine rings is 1. The largest absolute Gasteiger partial charge is 0.311 e. The number of nitrogens with zero attached hydrogens (tertiary/aromatic N) is 1. The molecule has 0 amide bonds. The van der Waals surface area contributed by atoms with Crippen molar-refractivity contribution >= 4 is 0 Å². The fraction of sp³-hybridized carbons (Fsp3) is 1.00. The Balaban J connectivity index is 1.90. The van der Waals surface area contributed by atoms with E-state index in [1.807, 2.05) is 0 Å². The summed E-state index contributed by atoms with van der Waals surface area (Å²) in [4.78, 5) is 2.67. The summed E-state index contributed by atoms with van der Waals surface area (Å²) in [6.07, 6.45) is 4.22. The van der Waals surface area contributed by atoms with Crippen molar-refractivity contribution < 1.29 is 0 Å². The molecule has 2 heterocycles. The Morgan fingerprint density at radius 2 is 2.00 bits per heavy atom. The van der Waals surface area contributed by atoms with Crippen LogP contribution in [0.4, 0.5) is 0 Å². The lowest BCUT2D eigenvalue weighted by atomic mass is 9.81. The summed E-state index contributed by atoms with van der Waals surface area (Å²) >= 11 is 0. The van der Waals surface area contributed by atoms with E-state index < -0.39 is 0 Å². The molecule has 2 aliphatic rings. The summed E-state index contributed by atoms with van der Waals surface area (Å²) in [5, 5.41) is 3.67. The van der Waals surface area contributed by atoms with Crippen LogP contribution in [0.15, 0.2) is 0 Å². The number of rotatable bonds is 2. The first kappa shape index (κ1) is 12.4. The zero-order valence-electron chi connectivity index (χ0n) is 11.4. The van der Waals surface area contributed by atoms with E-state index in [2.05, 4.69) is 37.9 Å². The monoisotopic (exact) mass is 224 g/mol. The molecule has 16 heavy (non-hydrogen) atoms. The zero-order valence-corrected chi connectivity index (χ0v) is 11.4. The Kier molecular flexibility index (Phi) is 3.60. The van der Waals surface area contributed by atoms with Crippen LogP contribution < -0.4 is 5.32 Å². The van der Waals surface area contributed by atoms with Crippen LogP contribution in [0, 0.1) is 11.8 Å². The van der Waals surface area contributed by atoms with Crippen LogP contribution in [0.2, 0.25) is 0 Å². The minimum Gasteiger partial charge on any atom is -0.311 e. The van der Waals surface area contributed by atoms with E-state index >= 15 is 0 Å². The maximum atomic E-state index is 3.67. The van der Waals surface area contributed by atoms with Gasteiger partial charge in [-0.25, -0.2) is 0 Å². The third-order valence-corrected chi connectivity index (χ3v) is 4.50. The lowest BCUT2D eigenvalue weighted by Gasteiger charge is -2.38. The molecule has 0 aliphatic carbocycles. The second-order valence-corrected chi connectivity index (χ2v) is 6.72. The van der Waals surface area contributed by atoms with Crippen LogP contribution in [0.5, 0.6) is 0 Å². The van der Waals surface area contributed by atoms with Gasteiger partial charge in [-0.1, -0.05) is 0 Å². The second kappa shape index (κ2) is 4.66. The van der Waals surface area contributed by atoms with Crippen molar-refractivity contribution in [3.63, 3.8) is 0 Å². The topological polar surface area (TPSA) is 15.3 Å². The van der Waals surface area contributed by atoms with E-state index in [4.69, 9.17) is 0 Å². The minimum absolute atomic E-state index is 0.380. The molecule has 0 saturated carbocycles. The van der Waals surface area contributed by atoms with E-state index in [-0.39, 0.29) is 0 Å². The van der Waals surface area contributed by atoms with Crippen LogP contribution in [-0.2, 0) is 0 Å². The predicted molar refractivity (Wildman–Crippen MR) is 69.6 cm³/mol. The zero-order chi connectivity index (χ0) is 11.8. The molecule has 2 rings (SSSR count). The van der Waals surface area contributed by atoms with E-state index in [1.165, 1.54) is 38.9 Å². The molecule has 2 aliphatic heterocycles. The Hall–Kier alpha value is -0.0800. The minimum atomic E-state index is 0.380. The lowest BCUT2D eigenvalue weighted by Crippen LogP contribution is -2.42. The fourth-order valence-corrected chi connectivity index (χ4v) is 3.43. The predicted octanol–water partition coefficient (Wildman–Crippen LogP) is 2.49. The van der Waals surface area contributed by atoms with Gasteiger partial charge >= 0.3 is 0 Å². The van der Waals surface area contributed by atoms with Gasteiger partial charge in [-0.2, -0.15) is 0 Å². The van der Waals surface area contributed by atoms with Gasteiger partial charge in [0.25, 0.3) is 0 Å². The van der Waals surface area contributed by atoms with Crippen LogP contribution in [0.1, 0.15) is 47.0 Å². The number of likely N-dealkylation sites (tertiary alicyclic amines) is 1. The smallest absolute Gasteiger partial charge is 0.0128 e. The summed E-state index contributed by atoms with van der Waals surface area (Å²) in [7, 11) is 0. The number of hydrogen-bond acceptors (Lipinski definition) is 2. The fourth-order valence-electron chi connectivity index (χ4n) is 3.43. The molecule has 2 nitrogen and oxygen atoms in total. The Morgan fingerprint density at radius 3 is 2.56 bits per heavy atom. The molecule has 2 heteroatoms. The molecule has 0 aromatic rings. The molecule has 2 fully saturated rings. The van der Waals surface area contributed by atoms with Crippen molar-refractivity contribution in [2.24, 2.45) is 11.8 Å². The molecule has 0 aromatic heterocycles. The molecule has 0 spiro atoms. The molecular formula is C14H28N2. The van der Waals surface area contributed by atoms with E-state index in [0.717, 1.165) is 17.9 Å². The third kappa shape index (κ3) is 2.78. The summed E-state index contributed by atoms with van der Waals surface area (Å²) in [5.41, 5.74) is 0.380. The van der Waals surface area contributed by atoms with Crippen LogP contribution in [0.3, 0.4) is 0 Å². The summed E-state index contributed by atoms with van der Waals surface area (Å²) in [6, 6.07) is 0.727. The molecular weight excluding hydrogens is 196 g/mol. The van der Waals surface area contributed by atoms with Crippen LogP contribution in [-0.4, -0.2) is 36.1 Å². The lowest BCUT2D eigenvalue weighted by molar-refractivity contribution is 0.110. The van der Waals surface area contributed by atoms with Crippen molar-refractivity contribution in [1.82, 2.24) is 10.2 Å². The molecule has 0 radical (unpaired) electrons. The van der Waals surface area contributed by atoms with Gasteiger partial charge in [0.2, 0.25) is 0 Å². The standard InChI is InChI=1S/C14H28N2/c1-11(2)16-7-5-6-12(10-16)13-8-14(3,4)15-9-13/h11-13,15H,5-10H2,1-4H3. The molecule has 0 aromatic carbocycles. The first-order valence-electron chi connectivity index (χ1n) is 6.97. The highest BCUT2D eigenvalue weighted by Gasteiger charge is 2.36. The van der Waals surface area contributed by atoms with Gasteiger partial charge in [0, 0.05) is 18.1 Å². The van der Waals surface area contributed by atoms with E-state index in [0.29, 0.717) is 5.54 Å². The van der Waals surface area contributed by atoms with Gasteiger partial charge < -0.3 is 10.2 Å².